The van der Waals surface area contributed by atoms with Gasteiger partial charge in [0.05, 0.1) is 0 Å². The van der Waals surface area contributed by atoms with E-state index in [1.165, 1.54) is 6.08 Å². The van der Waals surface area contributed by atoms with Gasteiger partial charge in [-0.2, -0.15) is 10.1 Å². The molecule has 7 heteroatoms. The van der Waals surface area contributed by atoms with Crippen molar-refractivity contribution in [2.75, 3.05) is 5.32 Å². The minimum atomic E-state index is -1.09. The Balaban J connectivity index is 2.17. The van der Waals surface area contributed by atoms with E-state index in [1.807, 2.05) is 0 Å². The number of nitrogens with one attached hydrogen (secondary N) is 1. The van der Waals surface area contributed by atoms with Crippen LogP contribution in [0.2, 0.25) is 0 Å². The fourth-order valence-corrected chi connectivity index (χ4v) is 2.18. The van der Waals surface area contributed by atoms with Crippen molar-refractivity contribution in [1.82, 2.24) is 14.8 Å². The average Bonchev–Trinajstić information content (AvgIpc) is 2.78. The van der Waals surface area contributed by atoms with Crippen LogP contribution in [-0.2, 0) is 4.79 Å². The van der Waals surface area contributed by atoms with Crippen LogP contribution in [-0.4, -0.2) is 30.9 Å². The summed E-state index contributed by atoms with van der Waals surface area (Å²) in [5.74, 6) is -0.138. The Kier molecular flexibility index (Phi) is 2.67. The summed E-state index contributed by atoms with van der Waals surface area (Å²) in [5.41, 5.74) is 0.581. The third-order valence-corrected chi connectivity index (χ3v) is 3.06. The monoisotopic (exact) mass is 272 g/mol. The molecule has 1 aromatic heterocycles. The first-order chi connectivity index (χ1) is 9.56. The molecule has 1 aromatic carbocycles. The fourth-order valence-electron chi connectivity index (χ4n) is 2.18. The number of phenols is 1. The lowest BCUT2D eigenvalue weighted by Crippen LogP contribution is -2.24. The number of carboxylic acid groups (broad SMARTS) is 1. The molecule has 2 aromatic rings. The molecule has 2 heterocycles. The molecule has 3 N–H and O–H groups in total. The maximum absolute atomic E-state index is 11.2. The SMILES string of the molecule is Cc1nc2n(n1)[C@H](c1ccccc1O)C=C(C(=O)O)N2. The number of carbonyl (C=O) groups is 1. The van der Waals surface area contributed by atoms with Crippen molar-refractivity contribution in [3.8, 4) is 5.75 Å². The molecule has 20 heavy (non-hydrogen) atoms. The highest BCUT2D eigenvalue weighted by Crippen LogP contribution is 2.33. The van der Waals surface area contributed by atoms with Crippen LogP contribution >= 0.6 is 0 Å². The molecule has 1 atom stereocenters. The van der Waals surface area contributed by atoms with Gasteiger partial charge in [0.1, 0.15) is 23.3 Å². The molecule has 0 aliphatic carbocycles. The number of rotatable bonds is 2. The quantitative estimate of drug-likeness (QED) is 0.761. The van der Waals surface area contributed by atoms with E-state index in [0.29, 0.717) is 17.3 Å². The lowest BCUT2D eigenvalue weighted by molar-refractivity contribution is -0.132. The third kappa shape index (κ3) is 1.89. The summed E-state index contributed by atoms with van der Waals surface area (Å²) in [6.45, 7) is 1.72. The number of allylic oxidation sites excluding steroid dienone is 1. The van der Waals surface area contributed by atoms with E-state index < -0.39 is 12.0 Å². The van der Waals surface area contributed by atoms with E-state index in [4.69, 9.17) is 5.11 Å². The lowest BCUT2D eigenvalue weighted by atomic mass is 10.0. The van der Waals surface area contributed by atoms with Gasteiger partial charge in [-0.3, -0.25) is 0 Å². The molecule has 3 rings (SSSR count). The number of aryl methyl sites for hydroxylation is 1. The molecule has 0 amide bonds. The Labute approximate surface area is 114 Å². The van der Waals surface area contributed by atoms with Crippen LogP contribution < -0.4 is 5.32 Å². The Morgan fingerprint density at radius 2 is 2.15 bits per heavy atom. The van der Waals surface area contributed by atoms with Crippen molar-refractivity contribution < 1.29 is 15.0 Å². The van der Waals surface area contributed by atoms with Gasteiger partial charge in [-0.05, 0) is 19.1 Å². The summed E-state index contributed by atoms with van der Waals surface area (Å²) in [7, 11) is 0. The summed E-state index contributed by atoms with van der Waals surface area (Å²) >= 11 is 0. The van der Waals surface area contributed by atoms with Crippen molar-refractivity contribution in [3.63, 3.8) is 0 Å². The second-order valence-corrected chi connectivity index (χ2v) is 4.44. The van der Waals surface area contributed by atoms with E-state index in [0.717, 1.165) is 0 Å². The molecule has 0 saturated heterocycles. The zero-order chi connectivity index (χ0) is 14.3. The Morgan fingerprint density at radius 1 is 1.40 bits per heavy atom. The number of aromatic nitrogens is 3. The van der Waals surface area contributed by atoms with Gasteiger partial charge in [0, 0.05) is 5.56 Å². The summed E-state index contributed by atoms with van der Waals surface area (Å²) < 4.78 is 1.55. The van der Waals surface area contributed by atoms with E-state index in [1.54, 1.807) is 35.9 Å². The number of nitrogens with zero attached hydrogens (tertiary/aromatic N) is 3. The normalized spacial score (nSPS) is 17.1. The van der Waals surface area contributed by atoms with Gasteiger partial charge in [0.25, 0.3) is 0 Å². The standard InChI is InChI=1S/C13H12N4O3/c1-7-14-13-15-9(12(19)20)6-10(17(13)16-7)8-4-2-3-5-11(8)18/h2-6,10,18H,1H3,(H,19,20)(H,14,15,16)/t10-/m0/s1. The number of fused-ring (bicyclic) bond motifs is 1. The number of phenolic OH excluding ortho intramolecular Hbond substituents is 1. The number of hydrogen-bond donors (Lipinski definition) is 3. The molecule has 0 saturated carbocycles. The van der Waals surface area contributed by atoms with Crippen LogP contribution in [0.5, 0.6) is 5.75 Å². The van der Waals surface area contributed by atoms with Gasteiger partial charge in [-0.1, -0.05) is 18.2 Å². The topological polar surface area (TPSA) is 100 Å². The first kappa shape index (κ1) is 12.2. The molecular formula is C13H12N4O3. The second-order valence-electron chi connectivity index (χ2n) is 4.44. The van der Waals surface area contributed by atoms with Crippen LogP contribution in [0.25, 0.3) is 0 Å². The molecule has 0 spiro atoms. The van der Waals surface area contributed by atoms with Gasteiger partial charge in [0.15, 0.2) is 0 Å². The van der Waals surface area contributed by atoms with Crippen LogP contribution in [0, 0.1) is 6.92 Å². The van der Waals surface area contributed by atoms with E-state index in [2.05, 4.69) is 15.4 Å². The molecule has 7 nitrogen and oxygen atoms in total. The third-order valence-electron chi connectivity index (χ3n) is 3.06. The first-order valence-corrected chi connectivity index (χ1v) is 5.99. The summed E-state index contributed by atoms with van der Waals surface area (Å²) in [6, 6.07) is 6.24. The van der Waals surface area contributed by atoms with Crippen LogP contribution in [0.4, 0.5) is 5.95 Å². The van der Waals surface area contributed by atoms with Gasteiger partial charge >= 0.3 is 5.97 Å². The van der Waals surface area contributed by atoms with Crippen LogP contribution in [0.15, 0.2) is 36.0 Å². The molecule has 1 aliphatic heterocycles. The van der Waals surface area contributed by atoms with Crippen molar-refractivity contribution in [2.24, 2.45) is 0 Å². The van der Waals surface area contributed by atoms with Gasteiger partial charge in [-0.15, -0.1) is 0 Å². The minimum Gasteiger partial charge on any atom is -0.508 e. The maximum Gasteiger partial charge on any atom is 0.352 e. The van der Waals surface area contributed by atoms with Gasteiger partial charge in [-0.25, -0.2) is 9.48 Å². The number of para-hydroxylation sites is 1. The summed E-state index contributed by atoms with van der Waals surface area (Å²) in [4.78, 5) is 15.3. The van der Waals surface area contributed by atoms with E-state index in [-0.39, 0.29) is 11.4 Å². The summed E-state index contributed by atoms with van der Waals surface area (Å²) in [6.07, 6.45) is 1.50. The highest BCUT2D eigenvalue weighted by molar-refractivity contribution is 5.90. The largest absolute Gasteiger partial charge is 0.508 e. The molecule has 0 radical (unpaired) electrons. The molecule has 0 fully saturated rings. The average molecular weight is 272 g/mol. The number of benzene rings is 1. The molecule has 1 aliphatic rings. The van der Waals surface area contributed by atoms with Crippen molar-refractivity contribution in [1.29, 1.82) is 0 Å². The number of aromatic hydroxyl groups is 1. The van der Waals surface area contributed by atoms with Crippen molar-refractivity contribution in [3.05, 3.63) is 47.4 Å². The minimum absolute atomic E-state index is 0.0122. The fraction of sp³-hybridized carbons (Fsp3) is 0.154. The zero-order valence-corrected chi connectivity index (χ0v) is 10.6. The van der Waals surface area contributed by atoms with E-state index >= 15 is 0 Å². The number of hydrogen-bond acceptors (Lipinski definition) is 5. The maximum atomic E-state index is 11.2. The van der Waals surface area contributed by atoms with Gasteiger partial charge in [0.2, 0.25) is 5.95 Å². The van der Waals surface area contributed by atoms with Gasteiger partial charge < -0.3 is 15.5 Å². The Bertz CT molecular complexity index is 720. The molecular weight excluding hydrogens is 260 g/mol. The number of carboxylic acids is 1. The van der Waals surface area contributed by atoms with E-state index in [9.17, 15) is 9.90 Å². The number of anilines is 1. The highest BCUT2D eigenvalue weighted by Gasteiger charge is 2.27. The summed E-state index contributed by atoms with van der Waals surface area (Å²) in [5, 5.41) is 26.1. The van der Waals surface area contributed by atoms with Crippen LogP contribution in [0.1, 0.15) is 17.4 Å². The molecule has 102 valence electrons. The Morgan fingerprint density at radius 3 is 2.85 bits per heavy atom. The Hall–Kier alpha value is -2.83. The zero-order valence-electron chi connectivity index (χ0n) is 10.6. The first-order valence-electron chi connectivity index (χ1n) is 5.99. The highest BCUT2D eigenvalue weighted by atomic mass is 16.4. The van der Waals surface area contributed by atoms with Crippen molar-refractivity contribution >= 4 is 11.9 Å². The molecule has 0 bridgehead atoms. The lowest BCUT2D eigenvalue weighted by Gasteiger charge is -2.22. The molecule has 0 unspecified atom stereocenters. The smallest absolute Gasteiger partial charge is 0.352 e. The second kappa shape index (κ2) is 4.37. The van der Waals surface area contributed by atoms with Crippen LogP contribution in [0.3, 0.4) is 0 Å². The number of aliphatic carboxylic acids is 1. The predicted octanol–water partition coefficient (Wildman–Crippen LogP) is 1.28. The van der Waals surface area contributed by atoms with Crippen molar-refractivity contribution in [2.45, 2.75) is 13.0 Å². The predicted molar refractivity (Wildman–Crippen MR) is 70.3 cm³/mol.